The van der Waals surface area contributed by atoms with E-state index in [1.807, 2.05) is 38.1 Å². The molecule has 1 saturated heterocycles. The van der Waals surface area contributed by atoms with Crippen molar-refractivity contribution in [1.29, 1.82) is 0 Å². The highest BCUT2D eigenvalue weighted by atomic mass is 32.2. The van der Waals surface area contributed by atoms with Gasteiger partial charge in [-0.3, -0.25) is 4.79 Å². The van der Waals surface area contributed by atoms with Crippen LogP contribution in [0.3, 0.4) is 0 Å². The van der Waals surface area contributed by atoms with Crippen LogP contribution in [0.25, 0.3) is 0 Å². The van der Waals surface area contributed by atoms with Crippen molar-refractivity contribution in [3.63, 3.8) is 0 Å². The van der Waals surface area contributed by atoms with Gasteiger partial charge in [-0.25, -0.2) is 17.1 Å². The maximum absolute atomic E-state index is 13.1. The van der Waals surface area contributed by atoms with Crippen molar-refractivity contribution < 1.29 is 17.6 Å². The molecule has 0 unspecified atom stereocenters. The van der Waals surface area contributed by atoms with Gasteiger partial charge in [-0.15, -0.1) is 0 Å². The second-order valence-electron chi connectivity index (χ2n) is 7.70. The molecule has 0 bridgehead atoms. The monoisotopic (exact) mass is 418 g/mol. The Morgan fingerprint density at radius 1 is 1.10 bits per heavy atom. The SMILES string of the molecule is Cc1ccc(CS(=O)(=O)N2CCC(C(=O)N[C@@H](C)c3ccc(F)cc3)CC2)cc1. The number of benzene rings is 2. The molecule has 1 amide bonds. The van der Waals surface area contributed by atoms with Crippen molar-refractivity contribution in [1.82, 2.24) is 9.62 Å². The summed E-state index contributed by atoms with van der Waals surface area (Å²) in [5.41, 5.74) is 2.69. The van der Waals surface area contributed by atoms with Gasteiger partial charge in [-0.1, -0.05) is 42.0 Å². The summed E-state index contributed by atoms with van der Waals surface area (Å²) in [5, 5.41) is 2.95. The van der Waals surface area contributed by atoms with Crippen molar-refractivity contribution in [2.45, 2.75) is 38.5 Å². The lowest BCUT2D eigenvalue weighted by molar-refractivity contribution is -0.126. The molecule has 2 aromatic carbocycles. The number of nitrogens with one attached hydrogen (secondary N) is 1. The highest BCUT2D eigenvalue weighted by Crippen LogP contribution is 2.23. The quantitative estimate of drug-likeness (QED) is 0.780. The first kappa shape index (κ1) is 21.5. The van der Waals surface area contributed by atoms with Crippen LogP contribution in [0.2, 0.25) is 0 Å². The van der Waals surface area contributed by atoms with E-state index in [1.165, 1.54) is 16.4 Å². The van der Waals surface area contributed by atoms with E-state index in [0.717, 1.165) is 16.7 Å². The van der Waals surface area contributed by atoms with Crippen LogP contribution >= 0.6 is 0 Å². The summed E-state index contributed by atoms with van der Waals surface area (Å²) in [6.07, 6.45) is 0.990. The van der Waals surface area contributed by atoms with Gasteiger partial charge >= 0.3 is 0 Å². The summed E-state index contributed by atoms with van der Waals surface area (Å²) < 4.78 is 39.9. The molecule has 1 heterocycles. The number of halogens is 1. The Morgan fingerprint density at radius 2 is 1.69 bits per heavy atom. The summed E-state index contributed by atoms with van der Waals surface area (Å²) in [4.78, 5) is 12.6. The van der Waals surface area contributed by atoms with E-state index in [9.17, 15) is 17.6 Å². The molecule has 1 N–H and O–H groups in total. The standard InChI is InChI=1S/C22H27FN2O3S/c1-16-3-5-18(6-4-16)15-29(27,28)25-13-11-20(12-14-25)22(26)24-17(2)19-7-9-21(23)10-8-19/h3-10,17,20H,11-15H2,1-2H3,(H,24,26)/t17-/m0/s1. The predicted octanol–water partition coefficient (Wildman–Crippen LogP) is 3.55. The van der Waals surface area contributed by atoms with Gasteiger partial charge in [0.25, 0.3) is 0 Å². The number of sulfonamides is 1. The van der Waals surface area contributed by atoms with Crippen LogP contribution in [0, 0.1) is 18.7 Å². The first-order chi connectivity index (χ1) is 13.7. The Balaban J connectivity index is 1.53. The van der Waals surface area contributed by atoms with Crippen molar-refractivity contribution >= 4 is 15.9 Å². The summed E-state index contributed by atoms with van der Waals surface area (Å²) in [6, 6.07) is 13.3. The summed E-state index contributed by atoms with van der Waals surface area (Å²) in [5.74, 6) is -0.640. The van der Waals surface area contributed by atoms with Crippen LogP contribution in [-0.4, -0.2) is 31.7 Å². The molecule has 2 aromatic rings. The Bertz CT molecular complexity index is 935. The molecule has 1 fully saturated rings. The fourth-order valence-electron chi connectivity index (χ4n) is 3.55. The number of carbonyl (C=O) groups excluding carboxylic acids is 1. The van der Waals surface area contributed by atoms with Gasteiger partial charge in [0.05, 0.1) is 11.8 Å². The number of hydrogen-bond donors (Lipinski definition) is 1. The minimum atomic E-state index is -3.40. The van der Waals surface area contributed by atoms with Gasteiger partial charge in [0.1, 0.15) is 5.82 Å². The van der Waals surface area contributed by atoms with E-state index >= 15 is 0 Å². The van der Waals surface area contributed by atoms with Crippen molar-refractivity contribution in [2.24, 2.45) is 5.92 Å². The summed E-state index contributed by atoms with van der Waals surface area (Å²) >= 11 is 0. The van der Waals surface area contributed by atoms with E-state index in [1.54, 1.807) is 12.1 Å². The third-order valence-electron chi connectivity index (χ3n) is 5.42. The number of piperidine rings is 1. The zero-order valence-corrected chi connectivity index (χ0v) is 17.6. The Kier molecular flexibility index (Phi) is 6.70. The van der Waals surface area contributed by atoms with Crippen molar-refractivity contribution in [2.75, 3.05) is 13.1 Å². The zero-order chi connectivity index (χ0) is 21.0. The van der Waals surface area contributed by atoms with Crippen LogP contribution in [0.15, 0.2) is 48.5 Å². The fraction of sp³-hybridized carbons (Fsp3) is 0.409. The molecular weight excluding hydrogens is 391 g/mol. The normalized spacial score (nSPS) is 17.1. The van der Waals surface area contributed by atoms with Gasteiger partial charge in [-0.2, -0.15) is 0 Å². The average molecular weight is 419 g/mol. The Hall–Kier alpha value is -2.25. The molecule has 1 aliphatic rings. The first-order valence-electron chi connectivity index (χ1n) is 9.84. The van der Waals surface area contributed by atoms with E-state index < -0.39 is 10.0 Å². The van der Waals surface area contributed by atoms with E-state index in [4.69, 9.17) is 0 Å². The molecule has 3 rings (SSSR count). The average Bonchev–Trinajstić information content (AvgIpc) is 2.70. The minimum Gasteiger partial charge on any atom is -0.349 e. The number of carbonyl (C=O) groups is 1. The first-order valence-corrected chi connectivity index (χ1v) is 11.4. The molecule has 5 nitrogen and oxygen atoms in total. The van der Waals surface area contributed by atoms with Gasteiger partial charge in [0.2, 0.25) is 15.9 Å². The molecule has 1 atom stereocenters. The lowest BCUT2D eigenvalue weighted by Gasteiger charge is -2.31. The van der Waals surface area contributed by atoms with Crippen molar-refractivity contribution in [3.8, 4) is 0 Å². The number of aryl methyl sites for hydroxylation is 1. The van der Waals surface area contributed by atoms with E-state index in [2.05, 4.69) is 5.32 Å². The van der Waals surface area contributed by atoms with Gasteiger partial charge < -0.3 is 5.32 Å². The van der Waals surface area contributed by atoms with Gasteiger partial charge in [0.15, 0.2) is 0 Å². The van der Waals surface area contributed by atoms with Crippen molar-refractivity contribution in [3.05, 3.63) is 71.0 Å². The molecule has 7 heteroatoms. The molecule has 156 valence electrons. The van der Waals surface area contributed by atoms with E-state index in [-0.39, 0.29) is 29.4 Å². The lowest BCUT2D eigenvalue weighted by Crippen LogP contribution is -2.43. The summed E-state index contributed by atoms with van der Waals surface area (Å²) in [7, 11) is -3.40. The number of nitrogens with zero attached hydrogens (tertiary/aromatic N) is 1. The highest BCUT2D eigenvalue weighted by molar-refractivity contribution is 7.88. The van der Waals surface area contributed by atoms with Crippen LogP contribution in [0.4, 0.5) is 4.39 Å². The van der Waals surface area contributed by atoms with Crippen LogP contribution in [0.1, 0.15) is 42.5 Å². The Morgan fingerprint density at radius 3 is 2.28 bits per heavy atom. The topological polar surface area (TPSA) is 66.5 Å². The third kappa shape index (κ3) is 5.64. The Labute approximate surface area is 172 Å². The van der Waals surface area contributed by atoms with Crippen LogP contribution in [0.5, 0.6) is 0 Å². The van der Waals surface area contributed by atoms with Crippen LogP contribution < -0.4 is 5.32 Å². The predicted molar refractivity (Wildman–Crippen MR) is 111 cm³/mol. The molecule has 0 radical (unpaired) electrons. The van der Waals surface area contributed by atoms with E-state index in [0.29, 0.717) is 25.9 Å². The molecule has 29 heavy (non-hydrogen) atoms. The fourth-order valence-corrected chi connectivity index (χ4v) is 5.11. The molecular formula is C22H27FN2O3S. The molecule has 1 aliphatic heterocycles. The lowest BCUT2D eigenvalue weighted by atomic mass is 9.96. The largest absolute Gasteiger partial charge is 0.349 e. The number of hydrogen-bond acceptors (Lipinski definition) is 3. The van der Waals surface area contributed by atoms with Gasteiger partial charge in [0, 0.05) is 19.0 Å². The number of amides is 1. The third-order valence-corrected chi connectivity index (χ3v) is 7.27. The highest BCUT2D eigenvalue weighted by Gasteiger charge is 2.31. The smallest absolute Gasteiger partial charge is 0.223 e. The summed E-state index contributed by atoms with van der Waals surface area (Å²) in [6.45, 7) is 4.51. The van der Waals surface area contributed by atoms with Crippen LogP contribution in [-0.2, 0) is 20.6 Å². The molecule has 0 aliphatic carbocycles. The zero-order valence-electron chi connectivity index (χ0n) is 16.8. The minimum absolute atomic E-state index is 0.0221. The maximum atomic E-state index is 13.1. The molecule has 0 aromatic heterocycles. The maximum Gasteiger partial charge on any atom is 0.223 e. The molecule has 0 spiro atoms. The molecule has 0 saturated carbocycles. The number of rotatable bonds is 6. The second-order valence-corrected chi connectivity index (χ2v) is 9.67. The van der Waals surface area contributed by atoms with Gasteiger partial charge in [-0.05, 0) is 49.9 Å². The second kappa shape index (κ2) is 9.05.